The zero-order valence-corrected chi connectivity index (χ0v) is 12.1. The summed E-state index contributed by atoms with van der Waals surface area (Å²) in [7, 11) is 0. The van der Waals surface area contributed by atoms with E-state index in [1.54, 1.807) is 0 Å². The van der Waals surface area contributed by atoms with E-state index in [9.17, 15) is 0 Å². The normalized spacial score (nSPS) is 10.6. The van der Waals surface area contributed by atoms with E-state index in [-0.39, 0.29) is 0 Å². The Bertz CT molecular complexity index is 404. The number of hydrogen-bond donors (Lipinski definition) is 1. The van der Waals surface area contributed by atoms with Gasteiger partial charge in [-0.15, -0.1) is 0 Å². The van der Waals surface area contributed by atoms with Crippen LogP contribution >= 0.6 is 23.8 Å². The molecular formula is C13H19ClN2S. The second-order valence-corrected chi connectivity index (χ2v) is 5.28. The Hall–Kier alpha value is -0.800. The Morgan fingerprint density at radius 3 is 2.59 bits per heavy atom. The quantitative estimate of drug-likeness (QED) is 0.831. The number of halogens is 1. The van der Waals surface area contributed by atoms with E-state index < -0.39 is 0 Å². The van der Waals surface area contributed by atoms with Crippen LogP contribution in [0.3, 0.4) is 0 Å². The van der Waals surface area contributed by atoms with Crippen LogP contribution in [0.25, 0.3) is 0 Å². The van der Waals surface area contributed by atoms with Gasteiger partial charge in [-0.3, -0.25) is 0 Å². The van der Waals surface area contributed by atoms with Gasteiger partial charge in [0, 0.05) is 18.8 Å². The molecule has 17 heavy (non-hydrogen) atoms. The van der Waals surface area contributed by atoms with Crippen molar-refractivity contribution in [1.29, 1.82) is 0 Å². The van der Waals surface area contributed by atoms with Crippen LogP contribution in [0.4, 0.5) is 5.69 Å². The molecule has 1 rings (SSSR count). The molecule has 0 radical (unpaired) electrons. The lowest BCUT2D eigenvalue weighted by Gasteiger charge is -2.27. The predicted octanol–water partition coefficient (Wildman–Crippen LogP) is 3.46. The van der Waals surface area contributed by atoms with Crippen LogP contribution in [0, 0.1) is 5.92 Å². The van der Waals surface area contributed by atoms with E-state index in [2.05, 4.69) is 25.7 Å². The van der Waals surface area contributed by atoms with Crippen LogP contribution in [-0.4, -0.2) is 18.1 Å². The summed E-state index contributed by atoms with van der Waals surface area (Å²) in [6, 6.07) is 5.78. The fourth-order valence-electron chi connectivity index (χ4n) is 1.86. The molecule has 2 nitrogen and oxygen atoms in total. The third-order valence-electron chi connectivity index (χ3n) is 2.55. The van der Waals surface area contributed by atoms with Gasteiger partial charge in [-0.05, 0) is 25.0 Å². The molecule has 0 fully saturated rings. The van der Waals surface area contributed by atoms with Crippen molar-refractivity contribution in [2.75, 3.05) is 18.0 Å². The maximum absolute atomic E-state index is 6.17. The topological polar surface area (TPSA) is 29.3 Å². The summed E-state index contributed by atoms with van der Waals surface area (Å²) in [6.45, 7) is 8.37. The molecule has 0 aliphatic carbocycles. The van der Waals surface area contributed by atoms with Crippen molar-refractivity contribution >= 4 is 34.5 Å². The number of nitrogens with two attached hydrogens (primary N) is 1. The van der Waals surface area contributed by atoms with E-state index >= 15 is 0 Å². The van der Waals surface area contributed by atoms with Gasteiger partial charge in [-0.2, -0.15) is 0 Å². The highest BCUT2D eigenvalue weighted by Crippen LogP contribution is 2.28. The van der Waals surface area contributed by atoms with Crippen molar-refractivity contribution < 1.29 is 0 Å². The van der Waals surface area contributed by atoms with Crippen LogP contribution in [0.5, 0.6) is 0 Å². The maximum atomic E-state index is 6.17. The van der Waals surface area contributed by atoms with Crippen LogP contribution in [0.2, 0.25) is 5.02 Å². The van der Waals surface area contributed by atoms with E-state index in [0.29, 0.717) is 15.9 Å². The molecule has 0 aliphatic rings. The van der Waals surface area contributed by atoms with E-state index in [1.807, 2.05) is 18.2 Å². The molecule has 2 N–H and O–H groups in total. The third kappa shape index (κ3) is 3.58. The first kappa shape index (κ1) is 14.3. The summed E-state index contributed by atoms with van der Waals surface area (Å²) in [4.78, 5) is 2.61. The first-order chi connectivity index (χ1) is 7.97. The molecule has 1 aromatic carbocycles. The number of benzene rings is 1. The zero-order valence-electron chi connectivity index (χ0n) is 10.5. The summed E-state index contributed by atoms with van der Waals surface area (Å²) < 4.78 is 0. The van der Waals surface area contributed by atoms with Gasteiger partial charge in [0.15, 0.2) is 0 Å². The summed E-state index contributed by atoms with van der Waals surface area (Å²) in [5.74, 6) is 0.577. The van der Waals surface area contributed by atoms with Crippen molar-refractivity contribution in [1.82, 2.24) is 0 Å². The molecule has 0 bridgehead atoms. The van der Waals surface area contributed by atoms with Gasteiger partial charge in [0.1, 0.15) is 4.99 Å². The molecule has 4 heteroatoms. The summed E-state index contributed by atoms with van der Waals surface area (Å²) in [5, 5.41) is 0.622. The van der Waals surface area contributed by atoms with Crippen LogP contribution in [0.1, 0.15) is 26.3 Å². The number of hydrogen-bond acceptors (Lipinski definition) is 2. The minimum atomic E-state index is 0.354. The SMILES string of the molecule is CCN(CC(C)C)c1cccc(Cl)c1C(N)=S. The molecule has 0 atom stereocenters. The van der Waals surface area contributed by atoms with E-state index in [0.717, 1.165) is 24.3 Å². The van der Waals surface area contributed by atoms with Crippen LogP contribution in [0.15, 0.2) is 18.2 Å². The standard InChI is InChI=1S/C13H19ClN2S/c1-4-16(8-9(2)3)11-7-5-6-10(14)12(11)13(15)17/h5-7,9H,4,8H2,1-3H3,(H2,15,17). The predicted molar refractivity (Wildman–Crippen MR) is 80.1 cm³/mol. The second-order valence-electron chi connectivity index (χ2n) is 4.43. The Labute approximate surface area is 114 Å². The maximum Gasteiger partial charge on any atom is 0.107 e. The van der Waals surface area contributed by atoms with Gasteiger partial charge in [-0.1, -0.05) is 43.7 Å². The van der Waals surface area contributed by atoms with Crippen LogP contribution in [-0.2, 0) is 0 Å². The summed E-state index contributed by atoms with van der Waals surface area (Å²) in [6.07, 6.45) is 0. The average molecular weight is 271 g/mol. The minimum absolute atomic E-state index is 0.354. The molecule has 0 amide bonds. The fourth-order valence-corrected chi connectivity index (χ4v) is 2.40. The van der Waals surface area contributed by atoms with Gasteiger partial charge in [0.05, 0.1) is 10.6 Å². The Morgan fingerprint density at radius 1 is 1.47 bits per heavy atom. The molecule has 94 valence electrons. The molecule has 1 aromatic rings. The lowest BCUT2D eigenvalue weighted by molar-refractivity contribution is 0.618. The van der Waals surface area contributed by atoms with E-state index in [4.69, 9.17) is 29.6 Å². The number of anilines is 1. The zero-order chi connectivity index (χ0) is 13.0. The van der Waals surface area contributed by atoms with E-state index in [1.165, 1.54) is 0 Å². The number of nitrogens with zero attached hydrogens (tertiary/aromatic N) is 1. The average Bonchev–Trinajstić information content (AvgIpc) is 2.24. The van der Waals surface area contributed by atoms with Crippen molar-refractivity contribution in [3.63, 3.8) is 0 Å². The molecule has 0 spiro atoms. The van der Waals surface area contributed by atoms with Gasteiger partial charge in [-0.25, -0.2) is 0 Å². The first-order valence-electron chi connectivity index (χ1n) is 5.80. The lowest BCUT2D eigenvalue weighted by Crippen LogP contribution is -2.29. The van der Waals surface area contributed by atoms with Gasteiger partial charge >= 0.3 is 0 Å². The number of rotatable bonds is 5. The molecule has 0 aliphatic heterocycles. The smallest absolute Gasteiger partial charge is 0.107 e. The van der Waals surface area contributed by atoms with Crippen molar-refractivity contribution in [3.8, 4) is 0 Å². The molecule has 0 saturated carbocycles. The van der Waals surface area contributed by atoms with Crippen molar-refractivity contribution in [2.24, 2.45) is 11.7 Å². The second kappa shape index (κ2) is 6.22. The summed E-state index contributed by atoms with van der Waals surface area (Å²) >= 11 is 11.3. The molecule has 0 heterocycles. The minimum Gasteiger partial charge on any atom is -0.389 e. The summed E-state index contributed by atoms with van der Waals surface area (Å²) in [5.41, 5.74) is 7.57. The van der Waals surface area contributed by atoms with Gasteiger partial charge in [0.2, 0.25) is 0 Å². The van der Waals surface area contributed by atoms with Crippen molar-refractivity contribution in [3.05, 3.63) is 28.8 Å². The first-order valence-corrected chi connectivity index (χ1v) is 6.59. The Kier molecular flexibility index (Phi) is 5.22. The largest absolute Gasteiger partial charge is 0.389 e. The van der Waals surface area contributed by atoms with Crippen LogP contribution < -0.4 is 10.6 Å². The molecule has 0 unspecified atom stereocenters. The fraction of sp³-hybridized carbons (Fsp3) is 0.462. The number of thiocarbonyl (C=S) groups is 1. The third-order valence-corrected chi connectivity index (χ3v) is 3.07. The highest BCUT2D eigenvalue weighted by Gasteiger charge is 2.15. The highest BCUT2D eigenvalue weighted by atomic mass is 35.5. The molecular weight excluding hydrogens is 252 g/mol. The lowest BCUT2D eigenvalue weighted by atomic mass is 10.1. The van der Waals surface area contributed by atoms with Gasteiger partial charge < -0.3 is 10.6 Å². The van der Waals surface area contributed by atoms with Gasteiger partial charge in [0.25, 0.3) is 0 Å². The highest BCUT2D eigenvalue weighted by molar-refractivity contribution is 7.80. The Morgan fingerprint density at radius 2 is 2.12 bits per heavy atom. The Balaban J connectivity index is 3.18. The van der Waals surface area contributed by atoms with Crippen molar-refractivity contribution in [2.45, 2.75) is 20.8 Å². The monoisotopic (exact) mass is 270 g/mol. The molecule has 0 aromatic heterocycles. The molecule has 0 saturated heterocycles.